The van der Waals surface area contributed by atoms with Crippen LogP contribution in [0.4, 0.5) is 0 Å². The Balaban J connectivity index is 3.28. The van der Waals surface area contributed by atoms with E-state index in [9.17, 15) is 4.79 Å². The second-order valence-corrected chi connectivity index (χ2v) is 5.42. The van der Waals surface area contributed by atoms with Gasteiger partial charge in [-0.2, -0.15) is 0 Å². The van der Waals surface area contributed by atoms with Gasteiger partial charge in [-0.3, -0.25) is 0 Å². The van der Waals surface area contributed by atoms with E-state index in [1.807, 2.05) is 32.0 Å². The van der Waals surface area contributed by atoms with Gasteiger partial charge in [0.15, 0.2) is 0 Å². The Kier molecular flexibility index (Phi) is 4.42. The smallest absolute Gasteiger partial charge is 0.136 e. The Labute approximate surface area is 101 Å². The van der Waals surface area contributed by atoms with E-state index in [-0.39, 0.29) is 0 Å². The minimum absolute atomic E-state index is 0.504. The number of hydrogen-bond acceptors (Lipinski definition) is 3. The van der Waals surface area contributed by atoms with Gasteiger partial charge >= 0.3 is 0 Å². The van der Waals surface area contributed by atoms with E-state index in [2.05, 4.69) is 6.92 Å². The maximum atomic E-state index is 11.1. The highest BCUT2D eigenvalue weighted by atomic mass is 32.2. The van der Waals surface area contributed by atoms with Crippen LogP contribution in [0, 0.1) is 0 Å². The van der Waals surface area contributed by atoms with Crippen LogP contribution in [0.25, 0.3) is 0 Å². The zero-order valence-corrected chi connectivity index (χ0v) is 11.1. The number of benzene rings is 1. The van der Waals surface area contributed by atoms with E-state index in [4.69, 9.17) is 4.74 Å². The molecule has 0 aliphatic rings. The molecule has 3 heteroatoms. The van der Waals surface area contributed by atoms with Crippen LogP contribution in [0.15, 0.2) is 23.1 Å². The van der Waals surface area contributed by atoms with Crippen molar-refractivity contribution in [3.8, 4) is 5.75 Å². The molecule has 0 spiro atoms. The molecule has 2 nitrogen and oxygen atoms in total. The average molecular weight is 238 g/mol. The highest BCUT2D eigenvalue weighted by molar-refractivity contribution is 7.99. The number of carbonyl (C=O) groups excluding carboxylic acids is 1. The maximum absolute atomic E-state index is 11.1. The summed E-state index contributed by atoms with van der Waals surface area (Å²) in [6.07, 6.45) is 0.964. The number of hydrogen-bond donors (Lipinski definition) is 0. The topological polar surface area (TPSA) is 26.3 Å². The van der Waals surface area contributed by atoms with Crippen molar-refractivity contribution in [3.63, 3.8) is 0 Å². The molecule has 0 unspecified atom stereocenters. The van der Waals surface area contributed by atoms with Gasteiger partial charge in [0.25, 0.3) is 0 Å². The molecule has 0 aliphatic heterocycles. The first-order valence-corrected chi connectivity index (χ1v) is 6.32. The third-order valence-electron chi connectivity index (χ3n) is 2.47. The number of ether oxygens (including phenoxy) is 1. The zero-order valence-electron chi connectivity index (χ0n) is 10.2. The average Bonchev–Trinajstić information content (AvgIpc) is 2.29. The van der Waals surface area contributed by atoms with Crippen LogP contribution in [-0.4, -0.2) is 19.1 Å². The Morgan fingerprint density at radius 2 is 2.12 bits per heavy atom. The number of methoxy groups -OCH3 is 1. The normalized spacial score (nSPS) is 11.2. The quantitative estimate of drug-likeness (QED) is 0.581. The predicted molar refractivity (Wildman–Crippen MR) is 68.5 cm³/mol. The highest BCUT2D eigenvalue weighted by Crippen LogP contribution is 2.37. The van der Waals surface area contributed by atoms with Crippen LogP contribution < -0.4 is 4.74 Å². The molecule has 0 saturated carbocycles. The lowest BCUT2D eigenvalue weighted by molar-refractivity contribution is -0.111. The van der Waals surface area contributed by atoms with Gasteiger partial charge in [-0.25, -0.2) is 0 Å². The highest BCUT2D eigenvalue weighted by Gasteiger charge is 2.25. The van der Waals surface area contributed by atoms with Gasteiger partial charge in [0.1, 0.15) is 12.0 Å². The van der Waals surface area contributed by atoms with Gasteiger partial charge in [0, 0.05) is 15.9 Å². The van der Waals surface area contributed by atoms with Crippen LogP contribution in [-0.2, 0) is 10.2 Å². The number of para-hydroxylation sites is 1. The summed E-state index contributed by atoms with van der Waals surface area (Å²) in [6, 6.07) is 5.95. The molecule has 0 radical (unpaired) electrons. The first-order chi connectivity index (χ1) is 7.56. The number of rotatable bonds is 5. The summed E-state index contributed by atoms with van der Waals surface area (Å²) >= 11 is 1.73. The Hall–Kier alpha value is -0.960. The molecule has 1 aromatic rings. The van der Waals surface area contributed by atoms with Crippen molar-refractivity contribution in [2.45, 2.75) is 31.1 Å². The van der Waals surface area contributed by atoms with Gasteiger partial charge in [0.2, 0.25) is 0 Å². The van der Waals surface area contributed by atoms with Crippen LogP contribution >= 0.6 is 11.8 Å². The zero-order chi connectivity index (χ0) is 12.2. The lowest BCUT2D eigenvalue weighted by atomic mass is 9.86. The minimum atomic E-state index is -0.504. The molecular formula is C13H18O2S. The van der Waals surface area contributed by atoms with Crippen molar-refractivity contribution in [1.29, 1.82) is 0 Å². The van der Waals surface area contributed by atoms with Crippen LogP contribution in [0.5, 0.6) is 5.75 Å². The third kappa shape index (κ3) is 2.59. The summed E-state index contributed by atoms with van der Waals surface area (Å²) in [4.78, 5) is 12.2. The Bertz CT molecular complexity index is 372. The van der Waals surface area contributed by atoms with Gasteiger partial charge < -0.3 is 9.53 Å². The summed E-state index contributed by atoms with van der Waals surface area (Å²) in [7, 11) is 1.65. The van der Waals surface area contributed by atoms with E-state index in [0.717, 1.165) is 28.2 Å². The molecular weight excluding hydrogens is 220 g/mol. The van der Waals surface area contributed by atoms with E-state index >= 15 is 0 Å². The molecule has 0 N–H and O–H groups in total. The van der Waals surface area contributed by atoms with Gasteiger partial charge in [-0.15, -0.1) is 11.8 Å². The van der Waals surface area contributed by atoms with Crippen molar-refractivity contribution >= 4 is 18.0 Å². The maximum Gasteiger partial charge on any atom is 0.136 e. The molecule has 16 heavy (non-hydrogen) atoms. The number of aldehydes is 1. The van der Waals surface area contributed by atoms with Crippen molar-refractivity contribution < 1.29 is 9.53 Å². The summed E-state index contributed by atoms with van der Waals surface area (Å²) in [5.41, 5.74) is 0.443. The minimum Gasteiger partial charge on any atom is -0.495 e. The third-order valence-corrected chi connectivity index (χ3v) is 3.39. The number of thioether (sulfide) groups is 1. The first kappa shape index (κ1) is 13.1. The van der Waals surface area contributed by atoms with Crippen LogP contribution in [0.3, 0.4) is 0 Å². The molecule has 0 aliphatic carbocycles. The van der Waals surface area contributed by atoms with Crippen molar-refractivity contribution in [2.24, 2.45) is 0 Å². The monoisotopic (exact) mass is 238 g/mol. The molecule has 88 valence electrons. The summed E-state index contributed by atoms with van der Waals surface area (Å²) in [5.74, 6) is 1.81. The van der Waals surface area contributed by atoms with Crippen molar-refractivity contribution in [2.75, 3.05) is 12.9 Å². The van der Waals surface area contributed by atoms with E-state index in [1.165, 1.54) is 0 Å². The van der Waals surface area contributed by atoms with Gasteiger partial charge in [-0.05, 0) is 25.7 Å². The standard InChI is InChI=1S/C13H18O2S/c1-5-16-11-8-6-7-10(12(11)15-4)13(2,3)9-14/h6-9H,5H2,1-4H3. The summed E-state index contributed by atoms with van der Waals surface area (Å²) in [5, 5.41) is 0. The SMILES string of the molecule is CCSc1cccc(C(C)(C)C=O)c1OC. The van der Waals surface area contributed by atoms with Crippen LogP contribution in [0.2, 0.25) is 0 Å². The van der Waals surface area contributed by atoms with Gasteiger partial charge in [-0.1, -0.05) is 19.1 Å². The van der Waals surface area contributed by atoms with Crippen LogP contribution in [0.1, 0.15) is 26.3 Å². The second kappa shape index (κ2) is 5.39. The van der Waals surface area contributed by atoms with E-state index in [0.29, 0.717) is 0 Å². The molecule has 0 fully saturated rings. The molecule has 0 saturated heterocycles. The fourth-order valence-corrected chi connectivity index (χ4v) is 2.38. The Morgan fingerprint density at radius 1 is 1.44 bits per heavy atom. The molecule has 1 rings (SSSR count). The fraction of sp³-hybridized carbons (Fsp3) is 0.462. The van der Waals surface area contributed by atoms with Crippen molar-refractivity contribution in [3.05, 3.63) is 23.8 Å². The molecule has 1 aromatic carbocycles. The largest absolute Gasteiger partial charge is 0.495 e. The molecule has 0 atom stereocenters. The first-order valence-electron chi connectivity index (χ1n) is 5.33. The van der Waals surface area contributed by atoms with Gasteiger partial charge in [0.05, 0.1) is 7.11 Å². The fourth-order valence-electron chi connectivity index (χ4n) is 1.57. The summed E-state index contributed by atoms with van der Waals surface area (Å²) in [6.45, 7) is 5.90. The molecule has 0 aromatic heterocycles. The number of carbonyl (C=O) groups is 1. The van der Waals surface area contributed by atoms with Crippen molar-refractivity contribution in [1.82, 2.24) is 0 Å². The second-order valence-electron chi connectivity index (χ2n) is 4.11. The van der Waals surface area contributed by atoms with E-state index in [1.54, 1.807) is 18.9 Å². The molecule has 0 heterocycles. The van der Waals surface area contributed by atoms with E-state index < -0.39 is 5.41 Å². The molecule has 0 bridgehead atoms. The lowest BCUT2D eigenvalue weighted by Crippen LogP contribution is -2.19. The summed E-state index contributed by atoms with van der Waals surface area (Å²) < 4.78 is 5.44. The lowest BCUT2D eigenvalue weighted by Gasteiger charge is -2.22. The predicted octanol–water partition coefficient (Wildman–Crippen LogP) is 3.28. The Morgan fingerprint density at radius 3 is 2.62 bits per heavy atom. The molecule has 0 amide bonds.